The minimum Gasteiger partial charge on any atom is -0.378 e. The number of hydrogen-bond donors (Lipinski definition) is 2. The van der Waals surface area contributed by atoms with Crippen molar-refractivity contribution in [3.63, 3.8) is 0 Å². The predicted octanol–water partition coefficient (Wildman–Crippen LogP) is 0.843. The summed E-state index contributed by atoms with van der Waals surface area (Å²) in [5.41, 5.74) is 4.43. The maximum Gasteiger partial charge on any atom is 0.282 e. The van der Waals surface area contributed by atoms with Crippen LogP contribution in [0.15, 0.2) is 18.2 Å². The number of carbonyl (C=O) groups is 4. The third-order valence-electron chi connectivity index (χ3n) is 5.15. The first-order valence-corrected chi connectivity index (χ1v) is 9.31. The summed E-state index contributed by atoms with van der Waals surface area (Å²) in [6, 6.07) is 5.42. The van der Waals surface area contributed by atoms with Gasteiger partial charge in [0.1, 0.15) is 5.92 Å². The van der Waals surface area contributed by atoms with Crippen molar-refractivity contribution >= 4 is 34.5 Å². The van der Waals surface area contributed by atoms with Gasteiger partial charge in [-0.25, -0.2) is 4.98 Å². The summed E-state index contributed by atoms with van der Waals surface area (Å²) in [7, 11) is 1.47. The number of nitrogens with one attached hydrogen (secondary N) is 2. The molecule has 4 rings (SSSR count). The molecule has 4 amide bonds. The Morgan fingerprint density at radius 1 is 1.28 bits per heavy atom. The van der Waals surface area contributed by atoms with Crippen LogP contribution >= 0.6 is 0 Å². The zero-order chi connectivity index (χ0) is 20.7. The summed E-state index contributed by atoms with van der Waals surface area (Å²) in [5, 5.41) is 3.83. The molecule has 0 radical (unpaired) electrons. The van der Waals surface area contributed by atoms with Crippen molar-refractivity contribution in [2.45, 2.75) is 26.4 Å². The number of ether oxygens (including phenoxy) is 1. The summed E-state index contributed by atoms with van der Waals surface area (Å²) in [6.45, 7) is 2.42. The first-order valence-electron chi connectivity index (χ1n) is 9.31. The fourth-order valence-corrected chi connectivity index (χ4v) is 3.75. The van der Waals surface area contributed by atoms with Gasteiger partial charge in [-0.15, -0.1) is 0 Å². The van der Waals surface area contributed by atoms with Gasteiger partial charge < -0.3 is 10.1 Å². The Hall–Kier alpha value is -3.33. The topological polar surface area (TPSA) is 118 Å². The number of carbonyl (C=O) groups excluding carboxylic acids is 4. The summed E-state index contributed by atoms with van der Waals surface area (Å²) in [5.74, 6) is -3.36. The van der Waals surface area contributed by atoms with E-state index in [1.54, 1.807) is 12.1 Å². The van der Waals surface area contributed by atoms with Gasteiger partial charge in [0.25, 0.3) is 17.7 Å². The molecule has 2 aliphatic heterocycles. The van der Waals surface area contributed by atoms with Gasteiger partial charge >= 0.3 is 0 Å². The molecule has 9 heteroatoms. The zero-order valence-corrected chi connectivity index (χ0v) is 16.1. The van der Waals surface area contributed by atoms with Gasteiger partial charge in [0.05, 0.1) is 28.9 Å². The molecule has 1 aromatic carbocycles. The van der Waals surface area contributed by atoms with Gasteiger partial charge in [0.15, 0.2) is 0 Å². The number of hydrazine groups is 1. The minimum absolute atomic E-state index is 0.0397. The molecule has 1 unspecified atom stereocenters. The third-order valence-corrected chi connectivity index (χ3v) is 5.15. The Kier molecular flexibility index (Phi) is 4.75. The van der Waals surface area contributed by atoms with Gasteiger partial charge in [-0.05, 0) is 31.9 Å². The molecule has 150 valence electrons. The molecular formula is C20H20N4O5. The third kappa shape index (κ3) is 3.13. The van der Waals surface area contributed by atoms with Crippen LogP contribution in [0.25, 0.3) is 10.9 Å². The van der Waals surface area contributed by atoms with Crippen molar-refractivity contribution < 1.29 is 23.9 Å². The number of aromatic nitrogens is 1. The molecule has 29 heavy (non-hydrogen) atoms. The van der Waals surface area contributed by atoms with E-state index < -0.39 is 29.5 Å². The van der Waals surface area contributed by atoms with Crippen molar-refractivity contribution in [2.75, 3.05) is 13.7 Å². The maximum absolute atomic E-state index is 13.1. The number of pyridine rings is 1. The van der Waals surface area contributed by atoms with Crippen LogP contribution in [0.2, 0.25) is 0 Å². The number of methoxy groups -OCH3 is 1. The van der Waals surface area contributed by atoms with Crippen LogP contribution in [0.5, 0.6) is 0 Å². The molecule has 0 spiro atoms. The van der Waals surface area contributed by atoms with Crippen molar-refractivity contribution in [1.29, 1.82) is 0 Å². The number of fused-ring (bicyclic) bond motifs is 3. The number of benzene rings is 1. The molecule has 0 aliphatic carbocycles. The second-order valence-corrected chi connectivity index (χ2v) is 7.17. The summed E-state index contributed by atoms with van der Waals surface area (Å²) < 4.78 is 5.15. The highest BCUT2D eigenvalue weighted by molar-refractivity contribution is 6.27. The van der Waals surface area contributed by atoms with E-state index in [0.29, 0.717) is 41.0 Å². The highest BCUT2D eigenvalue weighted by Crippen LogP contribution is 2.32. The van der Waals surface area contributed by atoms with Crippen LogP contribution in [0.4, 0.5) is 0 Å². The molecule has 1 atom stereocenters. The monoisotopic (exact) mass is 396 g/mol. The highest BCUT2D eigenvalue weighted by atomic mass is 16.5. The van der Waals surface area contributed by atoms with Crippen molar-refractivity contribution in [3.8, 4) is 0 Å². The normalized spacial score (nSPS) is 18.8. The second-order valence-electron chi connectivity index (χ2n) is 7.17. The Bertz CT molecular complexity index is 1060. The van der Waals surface area contributed by atoms with Crippen LogP contribution in [0.1, 0.15) is 44.8 Å². The average molecular weight is 396 g/mol. The Morgan fingerprint density at radius 3 is 2.76 bits per heavy atom. The first-order chi connectivity index (χ1) is 13.9. The number of piperidine rings is 1. The van der Waals surface area contributed by atoms with Gasteiger partial charge in [-0.1, -0.05) is 11.6 Å². The molecule has 1 aromatic heterocycles. The molecule has 1 fully saturated rings. The van der Waals surface area contributed by atoms with E-state index in [9.17, 15) is 19.2 Å². The molecule has 2 N–H and O–H groups in total. The first kappa shape index (κ1) is 19.0. The van der Waals surface area contributed by atoms with Gasteiger partial charge in [-0.2, -0.15) is 5.01 Å². The van der Waals surface area contributed by atoms with Crippen LogP contribution in [0.3, 0.4) is 0 Å². The molecule has 3 heterocycles. The fourth-order valence-electron chi connectivity index (χ4n) is 3.75. The number of nitrogens with zero attached hydrogens (tertiary/aromatic N) is 2. The van der Waals surface area contributed by atoms with Gasteiger partial charge in [0.2, 0.25) is 5.91 Å². The van der Waals surface area contributed by atoms with Crippen LogP contribution < -0.4 is 10.7 Å². The minimum atomic E-state index is -0.941. The Balaban J connectivity index is 1.74. The Morgan fingerprint density at radius 2 is 2.03 bits per heavy atom. The van der Waals surface area contributed by atoms with Gasteiger partial charge in [-0.3, -0.25) is 24.6 Å². The lowest BCUT2D eigenvalue weighted by molar-refractivity contribution is -0.138. The molecule has 0 bridgehead atoms. The van der Waals surface area contributed by atoms with Crippen LogP contribution in [-0.2, 0) is 20.9 Å². The fraction of sp³-hybridized carbons (Fsp3) is 0.350. The SMILES string of the molecule is COCc1nc2ccc(C)cc2c2c1C(=O)N(NC(=O)C1CCCNC1=O)C2=O. The molecular weight excluding hydrogens is 376 g/mol. The van der Waals surface area contributed by atoms with E-state index in [0.717, 1.165) is 5.56 Å². The van der Waals surface area contributed by atoms with E-state index >= 15 is 0 Å². The lowest BCUT2D eigenvalue weighted by Crippen LogP contribution is -2.52. The molecule has 9 nitrogen and oxygen atoms in total. The lowest BCUT2D eigenvalue weighted by atomic mass is 9.98. The number of hydrogen-bond acceptors (Lipinski definition) is 6. The van der Waals surface area contributed by atoms with E-state index in [1.807, 2.05) is 13.0 Å². The molecule has 2 aliphatic rings. The lowest BCUT2D eigenvalue weighted by Gasteiger charge is -2.23. The van der Waals surface area contributed by atoms with Crippen molar-refractivity contribution in [1.82, 2.24) is 20.7 Å². The summed E-state index contributed by atoms with van der Waals surface area (Å²) in [6.07, 6.45) is 1.01. The number of aryl methyl sites for hydroxylation is 1. The van der Waals surface area contributed by atoms with E-state index in [-0.39, 0.29) is 17.7 Å². The van der Waals surface area contributed by atoms with Crippen LogP contribution in [-0.4, -0.2) is 47.3 Å². The highest BCUT2D eigenvalue weighted by Gasteiger charge is 2.42. The standard InChI is InChI=1S/C20H20N4O5/c1-10-5-6-13-12(8-10)15-16(14(22-13)9-29-2)20(28)24(19(15)27)23-18(26)11-4-3-7-21-17(11)25/h5-6,8,11H,3-4,7,9H2,1-2H3,(H,21,25)(H,23,26). The summed E-state index contributed by atoms with van der Waals surface area (Å²) in [4.78, 5) is 55.1. The maximum atomic E-state index is 13.1. The van der Waals surface area contributed by atoms with Crippen LogP contribution in [0, 0.1) is 12.8 Å². The second kappa shape index (κ2) is 7.25. The molecule has 0 saturated carbocycles. The predicted molar refractivity (Wildman–Crippen MR) is 102 cm³/mol. The molecule has 2 aromatic rings. The average Bonchev–Trinajstić information content (AvgIpc) is 2.94. The Labute approximate surface area is 166 Å². The molecule has 1 saturated heterocycles. The smallest absolute Gasteiger partial charge is 0.282 e. The quantitative estimate of drug-likeness (QED) is 0.584. The van der Waals surface area contributed by atoms with E-state index in [4.69, 9.17) is 4.74 Å². The van der Waals surface area contributed by atoms with E-state index in [1.165, 1.54) is 7.11 Å². The zero-order valence-electron chi connectivity index (χ0n) is 16.1. The summed E-state index contributed by atoms with van der Waals surface area (Å²) >= 11 is 0. The number of imide groups is 1. The van der Waals surface area contributed by atoms with Gasteiger partial charge in [0, 0.05) is 19.0 Å². The van der Waals surface area contributed by atoms with Crippen molar-refractivity contribution in [2.24, 2.45) is 5.92 Å². The largest absolute Gasteiger partial charge is 0.378 e. The number of amides is 4. The van der Waals surface area contributed by atoms with Crippen molar-refractivity contribution in [3.05, 3.63) is 40.6 Å². The van der Waals surface area contributed by atoms with E-state index in [2.05, 4.69) is 15.7 Å². The number of rotatable bonds is 4.